The molecule has 2 aromatic heterocycles. The summed E-state index contributed by atoms with van der Waals surface area (Å²) in [7, 11) is 2.19. The predicted octanol–water partition coefficient (Wildman–Crippen LogP) is 2.80. The van der Waals surface area contributed by atoms with Crippen LogP contribution in [-0.2, 0) is 0 Å². The van der Waals surface area contributed by atoms with Crippen molar-refractivity contribution < 1.29 is 0 Å². The molecule has 0 spiro atoms. The summed E-state index contributed by atoms with van der Waals surface area (Å²) in [6, 6.07) is 4.77. The predicted molar refractivity (Wildman–Crippen MR) is 73.8 cm³/mol. The molecule has 1 unspecified atom stereocenters. The van der Waals surface area contributed by atoms with Gasteiger partial charge in [0.05, 0.1) is 0 Å². The summed E-state index contributed by atoms with van der Waals surface area (Å²) in [5.41, 5.74) is 0. The van der Waals surface area contributed by atoms with Crippen molar-refractivity contribution >= 4 is 27.2 Å². The number of aromatic nitrogens is 1. The van der Waals surface area contributed by atoms with Crippen LogP contribution in [0.25, 0.3) is 10.1 Å². The lowest BCUT2D eigenvalue weighted by atomic mass is 10.1. The summed E-state index contributed by atoms with van der Waals surface area (Å²) >= 11 is 1.77. The monoisotopic (exact) mass is 247 g/mol. The lowest BCUT2D eigenvalue weighted by Crippen LogP contribution is -2.39. The second-order valence-electron chi connectivity index (χ2n) is 4.74. The highest BCUT2D eigenvalue weighted by molar-refractivity contribution is 7.17. The summed E-state index contributed by atoms with van der Waals surface area (Å²) in [5, 5.41) is 6.98. The van der Waals surface area contributed by atoms with Crippen molar-refractivity contribution in [1.29, 1.82) is 0 Å². The number of thiophene rings is 1. The Morgan fingerprint density at radius 3 is 3.29 bits per heavy atom. The van der Waals surface area contributed by atoms with Crippen molar-refractivity contribution in [2.75, 3.05) is 25.5 Å². The Morgan fingerprint density at radius 2 is 2.41 bits per heavy atom. The van der Waals surface area contributed by atoms with Crippen LogP contribution >= 0.6 is 11.3 Å². The van der Waals surface area contributed by atoms with Crippen molar-refractivity contribution in [3.63, 3.8) is 0 Å². The number of fused-ring (bicyclic) bond motifs is 1. The number of hydrogen-bond acceptors (Lipinski definition) is 4. The van der Waals surface area contributed by atoms with Gasteiger partial charge < -0.3 is 10.2 Å². The van der Waals surface area contributed by atoms with E-state index in [0.29, 0.717) is 6.04 Å². The van der Waals surface area contributed by atoms with Crippen LogP contribution in [0.1, 0.15) is 12.8 Å². The van der Waals surface area contributed by atoms with Crippen LogP contribution in [0, 0.1) is 0 Å². The number of rotatable bonds is 2. The van der Waals surface area contributed by atoms with Gasteiger partial charge in [-0.05, 0) is 43.9 Å². The van der Waals surface area contributed by atoms with Gasteiger partial charge in [-0.2, -0.15) is 0 Å². The standard InChI is InChI=1S/C13H17N3S/c1-16-7-2-3-10(9-16)15-13-11-5-8-17-12(11)4-6-14-13/h4-6,8,10H,2-3,7,9H2,1H3,(H,14,15). The Morgan fingerprint density at radius 1 is 1.47 bits per heavy atom. The van der Waals surface area contributed by atoms with E-state index in [2.05, 4.69) is 39.8 Å². The second-order valence-corrected chi connectivity index (χ2v) is 5.69. The van der Waals surface area contributed by atoms with E-state index in [1.165, 1.54) is 29.5 Å². The van der Waals surface area contributed by atoms with E-state index in [1.54, 1.807) is 11.3 Å². The highest BCUT2D eigenvalue weighted by Crippen LogP contribution is 2.27. The maximum atomic E-state index is 4.48. The first-order valence-corrected chi connectivity index (χ1v) is 6.98. The topological polar surface area (TPSA) is 28.2 Å². The summed E-state index contributed by atoms with van der Waals surface area (Å²) in [6.45, 7) is 2.33. The number of likely N-dealkylation sites (tertiary alicyclic amines) is 1. The van der Waals surface area contributed by atoms with Gasteiger partial charge in [0.1, 0.15) is 5.82 Å². The first-order valence-electron chi connectivity index (χ1n) is 6.10. The summed E-state index contributed by atoms with van der Waals surface area (Å²) < 4.78 is 1.31. The molecule has 3 rings (SSSR count). The molecular formula is C13H17N3S. The molecule has 17 heavy (non-hydrogen) atoms. The molecule has 0 bridgehead atoms. The number of likely N-dealkylation sites (N-methyl/N-ethyl adjacent to an activating group) is 1. The van der Waals surface area contributed by atoms with E-state index >= 15 is 0 Å². The highest BCUT2D eigenvalue weighted by atomic mass is 32.1. The molecule has 1 atom stereocenters. The SMILES string of the molecule is CN1CCCC(Nc2nccc3sccc23)C1. The summed E-state index contributed by atoms with van der Waals surface area (Å²) in [6.07, 6.45) is 4.41. The minimum Gasteiger partial charge on any atom is -0.366 e. The Bertz CT molecular complexity index is 508. The van der Waals surface area contributed by atoms with Crippen LogP contribution in [0.4, 0.5) is 5.82 Å². The molecule has 1 aliphatic rings. The second kappa shape index (κ2) is 4.63. The molecule has 1 N–H and O–H groups in total. The van der Waals surface area contributed by atoms with E-state index in [-0.39, 0.29) is 0 Å². The third-order valence-electron chi connectivity index (χ3n) is 3.35. The molecule has 0 saturated carbocycles. The van der Waals surface area contributed by atoms with Crippen LogP contribution in [0.5, 0.6) is 0 Å². The zero-order valence-corrected chi connectivity index (χ0v) is 10.8. The molecular weight excluding hydrogens is 230 g/mol. The van der Waals surface area contributed by atoms with E-state index in [0.717, 1.165) is 12.4 Å². The Labute approximate surface area is 105 Å². The van der Waals surface area contributed by atoms with Crippen molar-refractivity contribution in [1.82, 2.24) is 9.88 Å². The lowest BCUT2D eigenvalue weighted by molar-refractivity contribution is 0.261. The van der Waals surface area contributed by atoms with Crippen LogP contribution in [-0.4, -0.2) is 36.1 Å². The molecule has 1 fully saturated rings. The minimum absolute atomic E-state index is 0.534. The van der Waals surface area contributed by atoms with Gasteiger partial charge in [0.2, 0.25) is 0 Å². The van der Waals surface area contributed by atoms with Crippen molar-refractivity contribution in [2.45, 2.75) is 18.9 Å². The quantitative estimate of drug-likeness (QED) is 0.884. The van der Waals surface area contributed by atoms with E-state index < -0.39 is 0 Å². The van der Waals surface area contributed by atoms with Gasteiger partial charge >= 0.3 is 0 Å². The first kappa shape index (κ1) is 11.0. The molecule has 4 heteroatoms. The number of hydrogen-bond donors (Lipinski definition) is 1. The van der Waals surface area contributed by atoms with Gasteiger partial charge in [-0.3, -0.25) is 0 Å². The van der Waals surface area contributed by atoms with Crippen LogP contribution < -0.4 is 5.32 Å². The van der Waals surface area contributed by atoms with E-state index in [4.69, 9.17) is 0 Å². The zero-order valence-electron chi connectivity index (χ0n) is 10.0. The number of piperidine rings is 1. The molecule has 0 aliphatic carbocycles. The van der Waals surface area contributed by atoms with Gasteiger partial charge in [0.15, 0.2) is 0 Å². The number of anilines is 1. The molecule has 2 aromatic rings. The van der Waals surface area contributed by atoms with Crippen LogP contribution in [0.15, 0.2) is 23.7 Å². The summed E-state index contributed by atoms with van der Waals surface area (Å²) in [4.78, 5) is 6.86. The van der Waals surface area contributed by atoms with Crippen LogP contribution in [0.2, 0.25) is 0 Å². The largest absolute Gasteiger partial charge is 0.366 e. The normalized spacial score (nSPS) is 21.8. The highest BCUT2D eigenvalue weighted by Gasteiger charge is 2.17. The third-order valence-corrected chi connectivity index (χ3v) is 4.23. The van der Waals surface area contributed by atoms with E-state index in [9.17, 15) is 0 Å². The molecule has 1 saturated heterocycles. The average Bonchev–Trinajstić information content (AvgIpc) is 2.78. The van der Waals surface area contributed by atoms with Gasteiger partial charge in [-0.15, -0.1) is 11.3 Å². The van der Waals surface area contributed by atoms with Crippen molar-refractivity contribution in [2.24, 2.45) is 0 Å². The lowest BCUT2D eigenvalue weighted by Gasteiger charge is -2.30. The smallest absolute Gasteiger partial charge is 0.134 e. The van der Waals surface area contributed by atoms with E-state index in [1.807, 2.05) is 6.20 Å². The average molecular weight is 247 g/mol. The minimum atomic E-state index is 0.534. The Kier molecular flexibility index (Phi) is 2.99. The fourth-order valence-corrected chi connectivity index (χ4v) is 3.27. The number of nitrogens with one attached hydrogen (secondary N) is 1. The first-order chi connectivity index (χ1) is 8.33. The molecule has 0 radical (unpaired) electrons. The summed E-state index contributed by atoms with van der Waals surface area (Å²) in [5.74, 6) is 1.05. The molecule has 90 valence electrons. The fourth-order valence-electron chi connectivity index (χ4n) is 2.49. The van der Waals surface area contributed by atoms with Crippen molar-refractivity contribution in [3.05, 3.63) is 23.7 Å². The molecule has 0 amide bonds. The number of pyridine rings is 1. The van der Waals surface area contributed by atoms with Gasteiger partial charge in [-0.25, -0.2) is 4.98 Å². The van der Waals surface area contributed by atoms with Gasteiger partial charge in [0, 0.05) is 28.9 Å². The molecule has 0 aromatic carbocycles. The maximum Gasteiger partial charge on any atom is 0.134 e. The Balaban J connectivity index is 1.82. The molecule has 3 heterocycles. The molecule has 3 nitrogen and oxygen atoms in total. The van der Waals surface area contributed by atoms with Crippen molar-refractivity contribution in [3.8, 4) is 0 Å². The number of nitrogens with zero attached hydrogens (tertiary/aromatic N) is 2. The molecule has 1 aliphatic heterocycles. The zero-order chi connectivity index (χ0) is 11.7. The third kappa shape index (κ3) is 2.28. The Hall–Kier alpha value is -1.13. The van der Waals surface area contributed by atoms with Crippen LogP contribution in [0.3, 0.4) is 0 Å². The maximum absolute atomic E-state index is 4.48. The van der Waals surface area contributed by atoms with Gasteiger partial charge in [0.25, 0.3) is 0 Å². The fraction of sp³-hybridized carbons (Fsp3) is 0.462. The van der Waals surface area contributed by atoms with Gasteiger partial charge in [-0.1, -0.05) is 0 Å².